The molecule has 0 aromatic heterocycles. The van der Waals surface area contributed by atoms with E-state index in [4.69, 9.17) is 4.74 Å². The standard InChI is InChI=1S/C10H18N2O2/c1-8-10(13)12(7-11-8)6-9-2-4-14-5-3-9/h8-9,11H,2-7H2,1H3. The molecule has 0 aromatic carbocycles. The van der Waals surface area contributed by atoms with Gasteiger partial charge in [0.05, 0.1) is 12.7 Å². The number of nitrogens with one attached hydrogen (secondary N) is 1. The maximum atomic E-state index is 11.6. The monoisotopic (exact) mass is 198 g/mol. The second kappa shape index (κ2) is 4.28. The molecule has 2 saturated heterocycles. The Kier molecular flexibility index (Phi) is 3.03. The van der Waals surface area contributed by atoms with Crippen LogP contribution in [0.4, 0.5) is 0 Å². The number of rotatable bonds is 2. The van der Waals surface area contributed by atoms with Crippen molar-refractivity contribution in [2.75, 3.05) is 26.4 Å². The summed E-state index contributed by atoms with van der Waals surface area (Å²) in [5, 5.41) is 3.15. The Hall–Kier alpha value is -0.610. The van der Waals surface area contributed by atoms with Crippen LogP contribution < -0.4 is 5.32 Å². The fraction of sp³-hybridized carbons (Fsp3) is 0.900. The van der Waals surface area contributed by atoms with E-state index in [1.165, 1.54) is 0 Å². The first-order valence-electron chi connectivity index (χ1n) is 5.37. The third-order valence-electron chi connectivity index (χ3n) is 3.09. The van der Waals surface area contributed by atoms with E-state index in [2.05, 4.69) is 5.32 Å². The summed E-state index contributed by atoms with van der Waals surface area (Å²) >= 11 is 0. The van der Waals surface area contributed by atoms with Crippen molar-refractivity contribution in [2.24, 2.45) is 5.92 Å². The Morgan fingerprint density at radius 1 is 1.50 bits per heavy atom. The summed E-state index contributed by atoms with van der Waals surface area (Å²) in [7, 11) is 0. The molecular formula is C10H18N2O2. The van der Waals surface area contributed by atoms with Crippen LogP contribution in [0, 0.1) is 5.92 Å². The Labute approximate surface area is 84.6 Å². The molecule has 4 nitrogen and oxygen atoms in total. The molecule has 4 heteroatoms. The Balaban J connectivity index is 1.82. The average molecular weight is 198 g/mol. The van der Waals surface area contributed by atoms with Gasteiger partial charge in [0, 0.05) is 19.8 Å². The van der Waals surface area contributed by atoms with Crippen LogP contribution in [0.1, 0.15) is 19.8 Å². The molecule has 0 aliphatic carbocycles. The molecule has 0 saturated carbocycles. The van der Waals surface area contributed by atoms with Crippen LogP contribution in [0.15, 0.2) is 0 Å². The van der Waals surface area contributed by atoms with E-state index < -0.39 is 0 Å². The molecule has 1 atom stereocenters. The molecule has 2 aliphatic rings. The highest BCUT2D eigenvalue weighted by atomic mass is 16.5. The number of hydrogen-bond acceptors (Lipinski definition) is 3. The van der Waals surface area contributed by atoms with Gasteiger partial charge >= 0.3 is 0 Å². The zero-order valence-electron chi connectivity index (χ0n) is 8.66. The summed E-state index contributed by atoms with van der Waals surface area (Å²) in [6.07, 6.45) is 2.19. The van der Waals surface area contributed by atoms with Gasteiger partial charge < -0.3 is 9.64 Å². The lowest BCUT2D eigenvalue weighted by Crippen LogP contribution is -2.35. The van der Waals surface area contributed by atoms with E-state index >= 15 is 0 Å². The van der Waals surface area contributed by atoms with Crippen LogP contribution in [0.3, 0.4) is 0 Å². The number of hydrogen-bond donors (Lipinski definition) is 1. The zero-order valence-corrected chi connectivity index (χ0v) is 8.66. The smallest absolute Gasteiger partial charge is 0.240 e. The molecule has 1 N–H and O–H groups in total. The largest absolute Gasteiger partial charge is 0.381 e. The fourth-order valence-corrected chi connectivity index (χ4v) is 2.08. The van der Waals surface area contributed by atoms with Crippen LogP contribution in [-0.2, 0) is 9.53 Å². The van der Waals surface area contributed by atoms with Crippen molar-refractivity contribution in [2.45, 2.75) is 25.8 Å². The third kappa shape index (κ3) is 2.07. The highest BCUT2D eigenvalue weighted by Crippen LogP contribution is 2.17. The molecule has 2 heterocycles. The molecule has 0 spiro atoms. The van der Waals surface area contributed by atoms with E-state index in [0.717, 1.165) is 39.3 Å². The first-order chi connectivity index (χ1) is 6.77. The third-order valence-corrected chi connectivity index (χ3v) is 3.09. The summed E-state index contributed by atoms with van der Waals surface area (Å²) < 4.78 is 5.29. The van der Waals surface area contributed by atoms with Crippen LogP contribution in [0.25, 0.3) is 0 Å². The minimum atomic E-state index is 0.00911. The number of ether oxygens (including phenoxy) is 1. The highest BCUT2D eigenvalue weighted by molar-refractivity contribution is 5.83. The first kappa shape index (κ1) is 9.93. The number of carbonyl (C=O) groups is 1. The molecule has 80 valence electrons. The molecule has 0 radical (unpaired) electrons. The van der Waals surface area contributed by atoms with Gasteiger partial charge in [-0.1, -0.05) is 0 Å². The molecular weight excluding hydrogens is 180 g/mol. The Morgan fingerprint density at radius 2 is 2.21 bits per heavy atom. The van der Waals surface area contributed by atoms with E-state index in [9.17, 15) is 4.79 Å². The Bertz CT molecular complexity index is 214. The maximum absolute atomic E-state index is 11.6. The lowest BCUT2D eigenvalue weighted by atomic mass is 10.00. The second-order valence-corrected chi connectivity index (χ2v) is 4.20. The van der Waals surface area contributed by atoms with Gasteiger partial charge in [-0.05, 0) is 25.7 Å². The fourth-order valence-electron chi connectivity index (χ4n) is 2.08. The van der Waals surface area contributed by atoms with Gasteiger partial charge in [-0.25, -0.2) is 0 Å². The van der Waals surface area contributed by atoms with Crippen LogP contribution >= 0.6 is 0 Å². The Morgan fingerprint density at radius 3 is 2.79 bits per heavy atom. The lowest BCUT2D eigenvalue weighted by molar-refractivity contribution is -0.129. The molecule has 14 heavy (non-hydrogen) atoms. The first-order valence-corrected chi connectivity index (χ1v) is 5.37. The molecule has 1 amide bonds. The number of nitrogens with zero attached hydrogens (tertiary/aromatic N) is 1. The zero-order chi connectivity index (χ0) is 9.97. The number of amides is 1. The van der Waals surface area contributed by atoms with E-state index in [1.54, 1.807) is 0 Å². The van der Waals surface area contributed by atoms with Crippen molar-refractivity contribution in [1.29, 1.82) is 0 Å². The minimum Gasteiger partial charge on any atom is -0.381 e. The summed E-state index contributed by atoms with van der Waals surface area (Å²) in [4.78, 5) is 13.5. The van der Waals surface area contributed by atoms with Crippen molar-refractivity contribution < 1.29 is 9.53 Å². The van der Waals surface area contributed by atoms with E-state index in [1.807, 2.05) is 11.8 Å². The van der Waals surface area contributed by atoms with Crippen LogP contribution in [0.2, 0.25) is 0 Å². The SMILES string of the molecule is CC1NCN(CC2CCOCC2)C1=O. The molecule has 2 rings (SSSR count). The summed E-state index contributed by atoms with van der Waals surface area (Å²) in [6, 6.07) is 0.00911. The minimum absolute atomic E-state index is 0.00911. The number of carbonyl (C=O) groups excluding carboxylic acids is 1. The molecule has 0 aromatic rings. The van der Waals surface area contributed by atoms with Crippen molar-refractivity contribution in [3.05, 3.63) is 0 Å². The van der Waals surface area contributed by atoms with Gasteiger partial charge in [0.15, 0.2) is 0 Å². The van der Waals surface area contributed by atoms with Crippen molar-refractivity contribution in [1.82, 2.24) is 10.2 Å². The summed E-state index contributed by atoms with van der Waals surface area (Å²) in [6.45, 7) is 5.26. The van der Waals surface area contributed by atoms with Crippen molar-refractivity contribution in [3.8, 4) is 0 Å². The second-order valence-electron chi connectivity index (χ2n) is 4.20. The molecule has 0 bridgehead atoms. The normalized spacial score (nSPS) is 29.9. The molecule has 1 unspecified atom stereocenters. The average Bonchev–Trinajstić information content (AvgIpc) is 2.52. The quantitative estimate of drug-likeness (QED) is 0.688. The lowest BCUT2D eigenvalue weighted by Gasteiger charge is -2.26. The van der Waals surface area contributed by atoms with Crippen molar-refractivity contribution in [3.63, 3.8) is 0 Å². The van der Waals surface area contributed by atoms with Gasteiger partial charge in [-0.2, -0.15) is 0 Å². The van der Waals surface area contributed by atoms with Crippen molar-refractivity contribution >= 4 is 5.91 Å². The molecule has 2 fully saturated rings. The highest BCUT2D eigenvalue weighted by Gasteiger charge is 2.29. The van der Waals surface area contributed by atoms with E-state index in [-0.39, 0.29) is 11.9 Å². The van der Waals surface area contributed by atoms with Gasteiger partial charge in [-0.15, -0.1) is 0 Å². The predicted octanol–water partition coefficient (Wildman–Crippen LogP) is 0.191. The van der Waals surface area contributed by atoms with Gasteiger partial charge in [0.2, 0.25) is 5.91 Å². The van der Waals surface area contributed by atoms with Gasteiger partial charge in [-0.3, -0.25) is 10.1 Å². The predicted molar refractivity (Wildman–Crippen MR) is 52.7 cm³/mol. The molecule has 2 aliphatic heterocycles. The van der Waals surface area contributed by atoms with Gasteiger partial charge in [0.25, 0.3) is 0 Å². The van der Waals surface area contributed by atoms with Crippen LogP contribution in [0.5, 0.6) is 0 Å². The summed E-state index contributed by atoms with van der Waals surface area (Å²) in [5.74, 6) is 0.885. The van der Waals surface area contributed by atoms with E-state index in [0.29, 0.717) is 5.92 Å². The van der Waals surface area contributed by atoms with Crippen LogP contribution in [-0.4, -0.2) is 43.3 Å². The maximum Gasteiger partial charge on any atom is 0.240 e. The van der Waals surface area contributed by atoms with Gasteiger partial charge in [0.1, 0.15) is 0 Å². The topological polar surface area (TPSA) is 41.6 Å². The summed E-state index contributed by atoms with van der Waals surface area (Å²) in [5.41, 5.74) is 0.